The number of ether oxygens (including phenoxy) is 1. The number of benzene rings is 2. The van der Waals surface area contributed by atoms with E-state index in [0.29, 0.717) is 36.8 Å². The fraction of sp³-hybridized carbons (Fsp3) is 0.559. The molecule has 8 nitrogen and oxygen atoms in total. The van der Waals surface area contributed by atoms with E-state index in [1.807, 2.05) is 23.1 Å². The summed E-state index contributed by atoms with van der Waals surface area (Å²) in [7, 11) is 0. The lowest BCUT2D eigenvalue weighted by Crippen LogP contribution is -2.73. The van der Waals surface area contributed by atoms with Crippen LogP contribution < -0.4 is 10.1 Å². The van der Waals surface area contributed by atoms with Gasteiger partial charge in [-0.05, 0) is 80.0 Å². The second kappa shape index (κ2) is 13.7. The SMILES string of the molecule is CCCCN1C(=O)[C@H](CC2CCCCC2)NC(=O)C12CCN(CCc1cccc(Oc3ccc(C(=O)O)cc3)c1)CC2. The van der Waals surface area contributed by atoms with E-state index in [9.17, 15) is 14.4 Å². The molecular formula is C34H45N3O5. The first-order valence-electron chi connectivity index (χ1n) is 15.8. The number of rotatable bonds is 11. The molecule has 1 spiro atoms. The van der Waals surface area contributed by atoms with E-state index in [4.69, 9.17) is 9.84 Å². The van der Waals surface area contributed by atoms with Crippen LogP contribution in [0.25, 0.3) is 0 Å². The number of hydrogen-bond acceptors (Lipinski definition) is 5. The molecule has 3 aliphatic rings. The monoisotopic (exact) mass is 575 g/mol. The lowest BCUT2D eigenvalue weighted by atomic mass is 9.79. The van der Waals surface area contributed by atoms with Gasteiger partial charge in [0, 0.05) is 26.2 Å². The van der Waals surface area contributed by atoms with E-state index in [2.05, 4.69) is 23.2 Å². The van der Waals surface area contributed by atoms with E-state index >= 15 is 0 Å². The number of nitrogens with zero attached hydrogens (tertiary/aromatic N) is 2. The third-order valence-electron chi connectivity index (χ3n) is 9.47. The lowest BCUT2D eigenvalue weighted by Gasteiger charge is -2.52. The number of carbonyl (C=O) groups is 3. The normalized spacial score (nSPS) is 21.4. The number of unbranched alkanes of at least 4 members (excludes halogenated alkanes) is 1. The number of hydrogen-bond donors (Lipinski definition) is 2. The van der Waals surface area contributed by atoms with E-state index in [1.54, 1.807) is 12.1 Å². The van der Waals surface area contributed by atoms with Crippen molar-refractivity contribution in [2.24, 2.45) is 5.92 Å². The van der Waals surface area contributed by atoms with Crippen molar-refractivity contribution in [1.82, 2.24) is 15.1 Å². The van der Waals surface area contributed by atoms with Gasteiger partial charge in [0.15, 0.2) is 0 Å². The first-order chi connectivity index (χ1) is 20.4. The number of aromatic carboxylic acids is 1. The molecule has 2 aromatic rings. The predicted molar refractivity (Wildman–Crippen MR) is 162 cm³/mol. The molecule has 5 rings (SSSR count). The highest BCUT2D eigenvalue weighted by Crippen LogP contribution is 2.36. The number of piperazine rings is 1. The third-order valence-corrected chi connectivity index (χ3v) is 9.47. The van der Waals surface area contributed by atoms with Crippen LogP contribution in [0.1, 0.15) is 87.1 Å². The molecule has 1 saturated carbocycles. The van der Waals surface area contributed by atoms with Gasteiger partial charge in [0.2, 0.25) is 11.8 Å². The minimum Gasteiger partial charge on any atom is -0.478 e. The molecule has 0 bridgehead atoms. The molecule has 0 radical (unpaired) electrons. The van der Waals surface area contributed by atoms with Crippen LogP contribution >= 0.6 is 0 Å². The molecule has 8 heteroatoms. The van der Waals surface area contributed by atoms with Gasteiger partial charge in [0.1, 0.15) is 23.1 Å². The van der Waals surface area contributed by atoms with Gasteiger partial charge in [-0.3, -0.25) is 9.59 Å². The molecule has 1 atom stereocenters. The number of carboxylic acid groups (broad SMARTS) is 1. The van der Waals surface area contributed by atoms with Gasteiger partial charge in [0.05, 0.1) is 5.56 Å². The van der Waals surface area contributed by atoms with Gasteiger partial charge in [0.25, 0.3) is 0 Å². The Hall–Kier alpha value is -3.39. The Morgan fingerprint density at radius 2 is 1.74 bits per heavy atom. The summed E-state index contributed by atoms with van der Waals surface area (Å²) in [4.78, 5) is 43.0. The Morgan fingerprint density at radius 1 is 1.00 bits per heavy atom. The molecule has 2 N–H and O–H groups in total. The van der Waals surface area contributed by atoms with Gasteiger partial charge in [-0.15, -0.1) is 0 Å². The number of carboxylic acids is 1. The number of nitrogens with one attached hydrogen (secondary N) is 1. The minimum atomic E-state index is -0.963. The zero-order chi connectivity index (χ0) is 29.5. The fourth-order valence-corrected chi connectivity index (χ4v) is 6.93. The fourth-order valence-electron chi connectivity index (χ4n) is 6.93. The van der Waals surface area contributed by atoms with Crippen molar-refractivity contribution in [3.05, 3.63) is 59.7 Å². The summed E-state index contributed by atoms with van der Waals surface area (Å²) < 4.78 is 5.95. The first-order valence-corrected chi connectivity index (χ1v) is 15.8. The van der Waals surface area contributed by atoms with Crippen molar-refractivity contribution in [2.45, 2.75) is 89.1 Å². The Bertz CT molecular complexity index is 1230. The van der Waals surface area contributed by atoms with Crippen molar-refractivity contribution < 1.29 is 24.2 Å². The maximum absolute atomic E-state index is 13.8. The molecule has 226 valence electrons. The summed E-state index contributed by atoms with van der Waals surface area (Å²) in [6.45, 7) is 5.22. The quantitative estimate of drug-likeness (QED) is 0.359. The Kier molecular flexibility index (Phi) is 9.83. The van der Waals surface area contributed by atoms with Crippen LogP contribution in [0.15, 0.2) is 48.5 Å². The Labute approximate surface area is 249 Å². The lowest BCUT2D eigenvalue weighted by molar-refractivity contribution is -0.161. The van der Waals surface area contributed by atoms with Gasteiger partial charge in [-0.25, -0.2) is 4.79 Å². The first kappa shape index (κ1) is 30.1. The van der Waals surface area contributed by atoms with Crippen molar-refractivity contribution in [1.29, 1.82) is 0 Å². The largest absolute Gasteiger partial charge is 0.478 e. The molecule has 3 fully saturated rings. The highest BCUT2D eigenvalue weighted by atomic mass is 16.5. The van der Waals surface area contributed by atoms with Crippen molar-refractivity contribution >= 4 is 17.8 Å². The maximum Gasteiger partial charge on any atom is 0.335 e. The van der Waals surface area contributed by atoms with Gasteiger partial charge >= 0.3 is 5.97 Å². The number of piperidine rings is 1. The molecule has 0 aromatic heterocycles. The number of amides is 2. The average molecular weight is 576 g/mol. The van der Waals surface area contributed by atoms with Crippen LogP contribution in [-0.4, -0.2) is 70.4 Å². The third kappa shape index (κ3) is 6.97. The summed E-state index contributed by atoms with van der Waals surface area (Å²) in [5, 5.41) is 12.3. The molecule has 2 heterocycles. The van der Waals surface area contributed by atoms with Crippen molar-refractivity contribution in [3.8, 4) is 11.5 Å². The molecule has 2 amide bonds. The van der Waals surface area contributed by atoms with E-state index < -0.39 is 11.5 Å². The molecule has 0 unspecified atom stereocenters. The zero-order valence-corrected chi connectivity index (χ0v) is 24.9. The number of likely N-dealkylation sites (tertiary alicyclic amines) is 1. The molecular weight excluding hydrogens is 530 g/mol. The van der Waals surface area contributed by atoms with Crippen LogP contribution in [0.5, 0.6) is 11.5 Å². The average Bonchev–Trinajstić information content (AvgIpc) is 3.00. The predicted octanol–water partition coefficient (Wildman–Crippen LogP) is 5.65. The standard InChI is InChI=1S/C34H45N3O5/c1-2-3-19-37-31(38)30(24-25-8-5-4-6-9-25)35-33(41)34(37)17-21-36(22-18-34)20-16-26-10-7-11-29(23-26)42-28-14-12-27(13-15-28)32(39)40/h7,10-15,23,25,30H,2-6,8-9,16-22,24H2,1H3,(H,35,41)(H,39,40)/t30-/m0/s1. The molecule has 42 heavy (non-hydrogen) atoms. The van der Waals surface area contributed by atoms with Gasteiger partial charge in [-0.1, -0.05) is 57.6 Å². The highest BCUT2D eigenvalue weighted by molar-refractivity contribution is 6.00. The van der Waals surface area contributed by atoms with Crippen LogP contribution in [-0.2, 0) is 16.0 Å². The second-order valence-corrected chi connectivity index (χ2v) is 12.3. The molecule has 2 aliphatic heterocycles. The van der Waals surface area contributed by atoms with Crippen LogP contribution in [0, 0.1) is 5.92 Å². The zero-order valence-electron chi connectivity index (χ0n) is 24.9. The van der Waals surface area contributed by atoms with Crippen LogP contribution in [0.4, 0.5) is 0 Å². The topological polar surface area (TPSA) is 99.2 Å². The molecule has 1 aliphatic carbocycles. The summed E-state index contributed by atoms with van der Waals surface area (Å²) >= 11 is 0. The molecule has 2 saturated heterocycles. The van der Waals surface area contributed by atoms with Crippen molar-refractivity contribution in [2.75, 3.05) is 26.2 Å². The minimum absolute atomic E-state index is 0.0555. The van der Waals surface area contributed by atoms with E-state index in [-0.39, 0.29) is 23.4 Å². The van der Waals surface area contributed by atoms with Gasteiger partial charge < -0.3 is 25.0 Å². The Balaban J connectivity index is 1.17. The van der Waals surface area contributed by atoms with Gasteiger partial charge in [-0.2, -0.15) is 0 Å². The molecule has 2 aromatic carbocycles. The second-order valence-electron chi connectivity index (χ2n) is 12.3. The summed E-state index contributed by atoms with van der Waals surface area (Å²) in [6, 6.07) is 14.0. The Morgan fingerprint density at radius 3 is 2.43 bits per heavy atom. The maximum atomic E-state index is 13.8. The number of carbonyl (C=O) groups excluding carboxylic acids is 2. The van der Waals surface area contributed by atoms with Crippen LogP contribution in [0.3, 0.4) is 0 Å². The highest BCUT2D eigenvalue weighted by Gasteiger charge is 2.53. The van der Waals surface area contributed by atoms with E-state index in [1.165, 1.54) is 44.2 Å². The van der Waals surface area contributed by atoms with Crippen molar-refractivity contribution in [3.63, 3.8) is 0 Å². The summed E-state index contributed by atoms with van der Waals surface area (Å²) in [6.07, 6.45) is 11.0. The van der Waals surface area contributed by atoms with E-state index in [0.717, 1.165) is 50.9 Å². The van der Waals surface area contributed by atoms with Crippen LogP contribution in [0.2, 0.25) is 0 Å². The summed E-state index contributed by atoms with van der Waals surface area (Å²) in [5.41, 5.74) is 0.647. The summed E-state index contributed by atoms with van der Waals surface area (Å²) in [5.74, 6) is 1.07. The smallest absolute Gasteiger partial charge is 0.335 e.